The zero-order valence-corrected chi connectivity index (χ0v) is 7.89. The van der Waals surface area contributed by atoms with E-state index in [9.17, 15) is 4.79 Å². The van der Waals surface area contributed by atoms with E-state index in [1.54, 1.807) is 6.92 Å². The molecule has 2 N–H and O–H groups in total. The number of hydrogen-bond acceptors (Lipinski definition) is 2. The Morgan fingerprint density at radius 2 is 2.25 bits per heavy atom. The third kappa shape index (κ3) is 2.48. The Hall–Kier alpha value is -0.570. The molecule has 0 aliphatic heterocycles. The number of carbonyl (C=O) groups is 1. The van der Waals surface area contributed by atoms with Gasteiger partial charge in [0.25, 0.3) is 0 Å². The van der Waals surface area contributed by atoms with E-state index in [0.29, 0.717) is 12.0 Å². The van der Waals surface area contributed by atoms with E-state index in [-0.39, 0.29) is 5.91 Å². The van der Waals surface area contributed by atoms with Gasteiger partial charge in [0.1, 0.15) is 0 Å². The lowest BCUT2D eigenvalue weighted by molar-refractivity contribution is -0.119. The Morgan fingerprint density at radius 3 is 2.83 bits per heavy atom. The molecule has 0 radical (unpaired) electrons. The molecule has 0 heterocycles. The number of amides is 1. The highest BCUT2D eigenvalue weighted by atomic mass is 16.1. The topological polar surface area (TPSA) is 41.1 Å². The third-order valence-corrected chi connectivity index (χ3v) is 2.51. The second-order valence-corrected chi connectivity index (χ2v) is 3.56. The average Bonchev–Trinajstić information content (AvgIpc) is 2.37. The van der Waals surface area contributed by atoms with Gasteiger partial charge >= 0.3 is 0 Å². The molecule has 1 aliphatic rings. The summed E-state index contributed by atoms with van der Waals surface area (Å²) in [5.41, 5.74) is 0. The maximum Gasteiger partial charge on any atom is 0.217 e. The molecule has 70 valence electrons. The van der Waals surface area contributed by atoms with Gasteiger partial charge in [-0.25, -0.2) is 0 Å². The summed E-state index contributed by atoms with van der Waals surface area (Å²) in [4.78, 5) is 10.8. The molecular formula is C9H18N2O. The molecular weight excluding hydrogens is 152 g/mol. The summed E-state index contributed by atoms with van der Waals surface area (Å²) in [7, 11) is 1.96. The highest BCUT2D eigenvalue weighted by Gasteiger charge is 2.26. The second kappa shape index (κ2) is 4.45. The lowest BCUT2D eigenvalue weighted by Crippen LogP contribution is -2.39. The summed E-state index contributed by atoms with van der Waals surface area (Å²) in [5.74, 6) is 0.738. The first-order valence-corrected chi connectivity index (χ1v) is 4.65. The van der Waals surface area contributed by atoms with Crippen molar-refractivity contribution in [2.24, 2.45) is 5.92 Å². The van der Waals surface area contributed by atoms with E-state index in [0.717, 1.165) is 13.0 Å². The van der Waals surface area contributed by atoms with Gasteiger partial charge < -0.3 is 10.6 Å². The number of rotatable bonds is 3. The Bertz CT molecular complexity index is 159. The van der Waals surface area contributed by atoms with Crippen molar-refractivity contribution in [1.82, 2.24) is 10.6 Å². The third-order valence-electron chi connectivity index (χ3n) is 2.51. The summed E-state index contributed by atoms with van der Waals surface area (Å²) in [6.07, 6.45) is 3.63. The molecule has 0 bridgehead atoms. The Balaban J connectivity index is 2.35. The van der Waals surface area contributed by atoms with Crippen LogP contribution in [-0.2, 0) is 4.79 Å². The van der Waals surface area contributed by atoms with Gasteiger partial charge in [-0.15, -0.1) is 0 Å². The van der Waals surface area contributed by atoms with Crippen LogP contribution in [0.5, 0.6) is 0 Å². The smallest absolute Gasteiger partial charge is 0.217 e. The van der Waals surface area contributed by atoms with Crippen LogP contribution in [0.4, 0.5) is 0 Å². The molecule has 1 amide bonds. The molecule has 0 aromatic heterocycles. The molecule has 2 atom stereocenters. The fraction of sp³-hybridized carbons (Fsp3) is 0.889. The Morgan fingerprint density at radius 1 is 1.50 bits per heavy atom. The fourth-order valence-electron chi connectivity index (χ4n) is 1.99. The van der Waals surface area contributed by atoms with Gasteiger partial charge in [-0.3, -0.25) is 4.79 Å². The summed E-state index contributed by atoms with van der Waals surface area (Å²) in [6.45, 7) is 2.61. The van der Waals surface area contributed by atoms with Gasteiger partial charge in [0, 0.05) is 13.0 Å². The van der Waals surface area contributed by atoms with Gasteiger partial charge in [0.05, 0.1) is 0 Å². The van der Waals surface area contributed by atoms with Gasteiger partial charge in [-0.2, -0.15) is 0 Å². The number of nitrogens with one attached hydrogen (secondary N) is 2. The minimum absolute atomic E-state index is 0.100. The van der Waals surface area contributed by atoms with Crippen LogP contribution in [0.15, 0.2) is 0 Å². The van der Waals surface area contributed by atoms with Crippen molar-refractivity contribution >= 4 is 5.91 Å². The van der Waals surface area contributed by atoms with E-state index < -0.39 is 0 Å². The standard InChI is InChI=1S/C9H18N2O/c1-7(12)11-9-5-3-4-8(9)6-10-2/h8-10H,3-6H2,1-2H3,(H,11,12)/t8-,9-/m1/s1. The molecule has 0 aromatic rings. The summed E-state index contributed by atoms with van der Waals surface area (Å²) >= 11 is 0. The first-order valence-electron chi connectivity index (χ1n) is 4.65. The van der Waals surface area contributed by atoms with E-state index in [2.05, 4.69) is 10.6 Å². The molecule has 1 aliphatic carbocycles. The largest absolute Gasteiger partial charge is 0.353 e. The van der Waals surface area contributed by atoms with Crippen LogP contribution in [0.3, 0.4) is 0 Å². The summed E-state index contributed by atoms with van der Waals surface area (Å²) in [6, 6.07) is 0.412. The molecule has 3 nitrogen and oxygen atoms in total. The Labute approximate surface area is 73.9 Å². The van der Waals surface area contributed by atoms with E-state index in [1.807, 2.05) is 7.05 Å². The van der Waals surface area contributed by atoms with Crippen LogP contribution in [0.2, 0.25) is 0 Å². The summed E-state index contributed by atoms with van der Waals surface area (Å²) < 4.78 is 0. The molecule has 1 fully saturated rings. The van der Waals surface area contributed by atoms with Crippen LogP contribution >= 0.6 is 0 Å². The SMILES string of the molecule is CNC[C@H]1CCC[C@H]1NC(C)=O. The van der Waals surface area contributed by atoms with Gasteiger partial charge in [0.2, 0.25) is 5.91 Å². The lowest BCUT2D eigenvalue weighted by atomic mass is 10.0. The predicted molar refractivity (Wildman–Crippen MR) is 48.9 cm³/mol. The quantitative estimate of drug-likeness (QED) is 0.648. The molecule has 1 rings (SSSR count). The van der Waals surface area contributed by atoms with Crippen molar-refractivity contribution in [3.8, 4) is 0 Å². The predicted octanol–water partition coefficient (Wildman–Crippen LogP) is 0.511. The van der Waals surface area contributed by atoms with Crippen LogP contribution in [0, 0.1) is 5.92 Å². The molecule has 1 saturated carbocycles. The maximum atomic E-state index is 10.8. The van der Waals surface area contributed by atoms with Crippen molar-refractivity contribution < 1.29 is 4.79 Å². The van der Waals surface area contributed by atoms with Crippen LogP contribution in [-0.4, -0.2) is 25.5 Å². The highest BCUT2D eigenvalue weighted by Crippen LogP contribution is 2.24. The number of hydrogen-bond donors (Lipinski definition) is 2. The maximum absolute atomic E-state index is 10.8. The van der Waals surface area contributed by atoms with Crippen LogP contribution in [0.1, 0.15) is 26.2 Å². The van der Waals surface area contributed by atoms with E-state index in [4.69, 9.17) is 0 Å². The van der Waals surface area contributed by atoms with E-state index in [1.165, 1.54) is 12.8 Å². The van der Waals surface area contributed by atoms with Gasteiger partial charge in [-0.1, -0.05) is 6.42 Å². The van der Waals surface area contributed by atoms with Crippen LogP contribution < -0.4 is 10.6 Å². The van der Waals surface area contributed by atoms with E-state index >= 15 is 0 Å². The van der Waals surface area contributed by atoms with Crippen molar-refractivity contribution in [3.63, 3.8) is 0 Å². The first kappa shape index (κ1) is 9.52. The molecule has 0 spiro atoms. The molecule has 0 unspecified atom stereocenters. The zero-order chi connectivity index (χ0) is 8.97. The molecule has 12 heavy (non-hydrogen) atoms. The molecule has 0 saturated heterocycles. The first-order chi connectivity index (χ1) is 5.74. The van der Waals surface area contributed by atoms with Gasteiger partial charge in [-0.05, 0) is 32.4 Å². The van der Waals surface area contributed by atoms with Crippen molar-refractivity contribution in [3.05, 3.63) is 0 Å². The minimum Gasteiger partial charge on any atom is -0.353 e. The van der Waals surface area contributed by atoms with Crippen LogP contribution in [0.25, 0.3) is 0 Å². The molecule has 3 heteroatoms. The highest BCUT2D eigenvalue weighted by molar-refractivity contribution is 5.73. The average molecular weight is 170 g/mol. The number of carbonyl (C=O) groups excluding carboxylic acids is 1. The zero-order valence-electron chi connectivity index (χ0n) is 7.89. The monoisotopic (exact) mass is 170 g/mol. The molecule has 0 aromatic carbocycles. The Kier molecular flexibility index (Phi) is 3.53. The summed E-state index contributed by atoms with van der Waals surface area (Å²) in [5, 5.41) is 6.16. The van der Waals surface area contributed by atoms with Gasteiger partial charge in [0.15, 0.2) is 0 Å². The fourth-order valence-corrected chi connectivity index (χ4v) is 1.99. The second-order valence-electron chi connectivity index (χ2n) is 3.56. The van der Waals surface area contributed by atoms with Crippen molar-refractivity contribution in [2.75, 3.05) is 13.6 Å². The van der Waals surface area contributed by atoms with Crippen molar-refractivity contribution in [2.45, 2.75) is 32.2 Å². The normalized spacial score (nSPS) is 28.8. The lowest BCUT2D eigenvalue weighted by Gasteiger charge is -2.19. The minimum atomic E-state index is 0.100. The van der Waals surface area contributed by atoms with Crippen molar-refractivity contribution in [1.29, 1.82) is 0 Å².